The van der Waals surface area contributed by atoms with E-state index in [2.05, 4.69) is 91.0 Å². The van der Waals surface area contributed by atoms with Crippen molar-refractivity contribution in [3.8, 4) is 33.4 Å². The summed E-state index contributed by atoms with van der Waals surface area (Å²) >= 11 is 0. The van der Waals surface area contributed by atoms with Crippen LogP contribution in [0.25, 0.3) is 76.9 Å². The lowest BCUT2D eigenvalue weighted by atomic mass is 9.86. The normalized spacial score (nSPS) is 13.4. The smallest absolute Gasteiger partial charge is 0.143 e. The monoisotopic (exact) mass is 501 g/mol. The minimum atomic E-state index is -0.414. The highest BCUT2D eigenvalue weighted by Crippen LogP contribution is 2.45. The number of fused-ring (bicyclic) bond motifs is 5. The van der Waals surface area contributed by atoms with Gasteiger partial charge in [0.05, 0.1) is 6.85 Å². The van der Waals surface area contributed by atoms with E-state index in [4.69, 9.17) is 11.3 Å². The molecule has 0 saturated heterocycles. The van der Waals surface area contributed by atoms with Crippen molar-refractivity contribution in [1.29, 1.82) is 0 Å². The summed E-state index contributed by atoms with van der Waals surface area (Å²) < 4.78 is 48.0. The van der Waals surface area contributed by atoms with E-state index >= 15 is 0 Å². The maximum Gasteiger partial charge on any atom is 0.143 e. The van der Waals surface area contributed by atoms with Crippen LogP contribution in [-0.4, -0.2) is 0 Å². The Hall–Kier alpha value is -5.14. The standard InChI is InChI=1S/C38H24O/c1-3-12-25(13-4-1)28-20-11-21-34-29-23-22-27(24-35(29)39-38(28)34)37-32-18-9-7-16-30(32)36(26-14-5-2-6-15-26)31-17-8-10-19-33(31)37/h1-24H/i1D,3D,4D,12D,13D. The molecule has 39 heavy (non-hydrogen) atoms. The summed E-state index contributed by atoms with van der Waals surface area (Å²) in [5.74, 6) is 0. The minimum absolute atomic E-state index is 0.134. The lowest BCUT2D eigenvalue weighted by Gasteiger charge is -2.17. The molecule has 1 aromatic heterocycles. The quantitative estimate of drug-likeness (QED) is 0.219. The molecule has 0 unspecified atom stereocenters. The lowest BCUT2D eigenvalue weighted by molar-refractivity contribution is 0.670. The van der Waals surface area contributed by atoms with E-state index in [-0.39, 0.29) is 29.7 Å². The molecule has 0 N–H and O–H groups in total. The van der Waals surface area contributed by atoms with Gasteiger partial charge in [-0.15, -0.1) is 0 Å². The molecule has 1 heterocycles. The van der Waals surface area contributed by atoms with E-state index in [9.17, 15) is 0 Å². The Kier molecular flexibility index (Phi) is 3.89. The number of hydrogen-bond donors (Lipinski definition) is 0. The molecule has 0 aliphatic heterocycles. The summed E-state index contributed by atoms with van der Waals surface area (Å²) in [7, 11) is 0. The van der Waals surface area contributed by atoms with Gasteiger partial charge in [-0.05, 0) is 61.5 Å². The largest absolute Gasteiger partial charge is 0.455 e. The average molecular weight is 502 g/mol. The van der Waals surface area contributed by atoms with Gasteiger partial charge in [0.2, 0.25) is 0 Å². The van der Waals surface area contributed by atoms with Gasteiger partial charge in [-0.3, -0.25) is 0 Å². The van der Waals surface area contributed by atoms with E-state index in [1.165, 1.54) is 21.9 Å². The van der Waals surface area contributed by atoms with Crippen molar-refractivity contribution >= 4 is 43.5 Å². The van der Waals surface area contributed by atoms with Gasteiger partial charge in [-0.2, -0.15) is 0 Å². The first kappa shape index (κ1) is 17.4. The molecule has 7 aromatic carbocycles. The van der Waals surface area contributed by atoms with Gasteiger partial charge in [0.25, 0.3) is 0 Å². The predicted molar refractivity (Wildman–Crippen MR) is 165 cm³/mol. The van der Waals surface area contributed by atoms with Crippen molar-refractivity contribution in [3.05, 3.63) is 145 Å². The summed E-state index contributed by atoms with van der Waals surface area (Å²) in [5, 5.41) is 6.33. The number of rotatable bonds is 3. The Morgan fingerprint density at radius 3 is 1.69 bits per heavy atom. The number of para-hydroxylation sites is 1. The molecule has 0 amide bonds. The number of furan rings is 1. The maximum atomic E-state index is 8.55. The Bertz CT molecular complexity index is 2360. The Balaban J connectivity index is 1.41. The highest BCUT2D eigenvalue weighted by molar-refractivity contribution is 6.22. The molecular weight excluding hydrogens is 472 g/mol. The summed E-state index contributed by atoms with van der Waals surface area (Å²) in [5.41, 5.74) is 6.25. The van der Waals surface area contributed by atoms with Gasteiger partial charge in [0.15, 0.2) is 0 Å². The molecule has 0 spiro atoms. The Morgan fingerprint density at radius 2 is 1.03 bits per heavy atom. The van der Waals surface area contributed by atoms with E-state index in [0.29, 0.717) is 16.7 Å². The molecule has 8 aromatic rings. The van der Waals surface area contributed by atoms with Gasteiger partial charge in [0, 0.05) is 16.3 Å². The highest BCUT2D eigenvalue weighted by Gasteiger charge is 2.18. The van der Waals surface area contributed by atoms with Crippen molar-refractivity contribution < 1.29 is 11.3 Å². The molecular formula is C38H24O. The van der Waals surface area contributed by atoms with Crippen LogP contribution in [0.2, 0.25) is 0 Å². The molecule has 1 nitrogen and oxygen atoms in total. The van der Waals surface area contributed by atoms with Crippen LogP contribution in [-0.2, 0) is 0 Å². The van der Waals surface area contributed by atoms with Crippen molar-refractivity contribution in [2.45, 2.75) is 0 Å². The summed E-state index contributed by atoms with van der Waals surface area (Å²) in [4.78, 5) is 0. The van der Waals surface area contributed by atoms with Gasteiger partial charge < -0.3 is 4.42 Å². The first-order valence-corrected chi connectivity index (χ1v) is 13.0. The number of benzene rings is 7. The summed E-state index contributed by atoms with van der Waals surface area (Å²) in [6, 6.07) is 37.6. The first-order valence-electron chi connectivity index (χ1n) is 15.5. The van der Waals surface area contributed by atoms with E-state index < -0.39 is 6.04 Å². The zero-order valence-corrected chi connectivity index (χ0v) is 20.9. The maximum absolute atomic E-state index is 8.55. The van der Waals surface area contributed by atoms with Crippen LogP contribution in [0.15, 0.2) is 150 Å². The third kappa shape index (κ3) is 3.41. The molecule has 8 rings (SSSR count). The van der Waals surface area contributed by atoms with Crippen LogP contribution in [0, 0.1) is 0 Å². The zero-order chi connectivity index (χ0) is 30.1. The SMILES string of the molecule is [2H]c1c([2H])c([2H])c(-c2cccc3c2oc2cc(-c4c5ccccc5c(-c5ccccc5)c5ccccc45)ccc23)c([2H])c1[2H]. The molecule has 0 bridgehead atoms. The third-order valence-electron chi connectivity index (χ3n) is 7.55. The average Bonchev–Trinajstić information content (AvgIpc) is 3.44. The van der Waals surface area contributed by atoms with Crippen LogP contribution in [0.3, 0.4) is 0 Å². The third-order valence-corrected chi connectivity index (χ3v) is 7.55. The fourth-order valence-corrected chi connectivity index (χ4v) is 5.89. The zero-order valence-electron chi connectivity index (χ0n) is 25.9. The van der Waals surface area contributed by atoms with Crippen molar-refractivity contribution in [2.24, 2.45) is 0 Å². The fourth-order valence-electron chi connectivity index (χ4n) is 5.89. The van der Waals surface area contributed by atoms with Crippen molar-refractivity contribution in [3.63, 3.8) is 0 Å². The van der Waals surface area contributed by atoms with Gasteiger partial charge in [-0.1, -0.05) is 133 Å². The van der Waals surface area contributed by atoms with Crippen LogP contribution >= 0.6 is 0 Å². The number of hydrogen-bond acceptors (Lipinski definition) is 1. The van der Waals surface area contributed by atoms with Crippen LogP contribution in [0.1, 0.15) is 6.85 Å². The summed E-state index contributed by atoms with van der Waals surface area (Å²) in [6.07, 6.45) is 0. The van der Waals surface area contributed by atoms with Crippen molar-refractivity contribution in [1.82, 2.24) is 0 Å². The van der Waals surface area contributed by atoms with E-state index in [0.717, 1.165) is 32.7 Å². The predicted octanol–water partition coefficient (Wildman–Crippen LogP) is 10.9. The van der Waals surface area contributed by atoms with E-state index in [1.807, 2.05) is 18.2 Å². The second-order valence-electron chi connectivity index (χ2n) is 9.70. The Morgan fingerprint density at radius 1 is 0.436 bits per heavy atom. The lowest BCUT2D eigenvalue weighted by Crippen LogP contribution is -1.90. The topological polar surface area (TPSA) is 13.1 Å². The fraction of sp³-hybridized carbons (Fsp3) is 0. The minimum Gasteiger partial charge on any atom is -0.455 e. The van der Waals surface area contributed by atoms with Gasteiger partial charge in [0.1, 0.15) is 11.2 Å². The van der Waals surface area contributed by atoms with Crippen molar-refractivity contribution in [2.75, 3.05) is 0 Å². The van der Waals surface area contributed by atoms with Gasteiger partial charge >= 0.3 is 0 Å². The van der Waals surface area contributed by atoms with Crippen LogP contribution in [0.5, 0.6) is 0 Å². The molecule has 0 radical (unpaired) electrons. The first-order chi connectivity index (χ1) is 21.4. The molecule has 1 heteroatoms. The highest BCUT2D eigenvalue weighted by atomic mass is 16.3. The van der Waals surface area contributed by atoms with E-state index in [1.54, 1.807) is 6.07 Å². The van der Waals surface area contributed by atoms with Gasteiger partial charge in [-0.25, -0.2) is 0 Å². The van der Waals surface area contributed by atoms with Crippen LogP contribution < -0.4 is 0 Å². The second-order valence-corrected chi connectivity index (χ2v) is 9.70. The second kappa shape index (κ2) is 8.72. The Labute approximate surface area is 233 Å². The molecule has 182 valence electrons. The molecule has 0 fully saturated rings. The molecule has 0 aliphatic carbocycles. The molecule has 0 atom stereocenters. The van der Waals surface area contributed by atoms with Crippen LogP contribution in [0.4, 0.5) is 0 Å². The molecule has 0 saturated carbocycles. The summed E-state index contributed by atoms with van der Waals surface area (Å²) in [6.45, 7) is 0. The molecule has 0 aliphatic rings.